The molecule has 238 valence electrons. The molecule has 3 N–H and O–H groups in total. The number of carbonyl (C=O) groups is 2. The number of nitrogens with one attached hydrogen (secondary N) is 1. The molecular formula is C28H62N4O6Xe. The molecule has 0 saturated carbocycles. The summed E-state index contributed by atoms with van der Waals surface area (Å²) in [4.78, 5) is 30.2. The van der Waals surface area contributed by atoms with Gasteiger partial charge >= 0.3 is 119 Å². The largest absolute Gasteiger partial charge is 0.393 e. The summed E-state index contributed by atoms with van der Waals surface area (Å²) in [6, 6.07) is -0.119. The Kier molecular flexibility index (Phi) is 16.1. The summed E-state index contributed by atoms with van der Waals surface area (Å²) in [5.41, 5.74) is 0. The zero-order chi connectivity index (χ0) is 32.8. The molecular weight excluding hydrogens is 620 g/mol. The van der Waals surface area contributed by atoms with E-state index in [-0.39, 0.29) is 33.4 Å². The fraction of sp³-hybridized carbons (Fsp3) is 0.929. The van der Waals surface area contributed by atoms with Gasteiger partial charge in [0.1, 0.15) is 6.04 Å². The van der Waals surface area contributed by atoms with Crippen molar-refractivity contribution in [2.75, 3.05) is 80.7 Å². The Balaban J connectivity index is -0.000000591. The molecule has 0 aromatic rings. The van der Waals surface area contributed by atoms with E-state index in [1.54, 1.807) is 0 Å². The predicted octanol–water partition coefficient (Wildman–Crippen LogP) is 1.61. The number of esters is 2. The van der Waals surface area contributed by atoms with Gasteiger partial charge in [0.25, 0.3) is 0 Å². The molecule has 0 aliphatic carbocycles. The van der Waals surface area contributed by atoms with Crippen LogP contribution in [0.15, 0.2) is 0 Å². The van der Waals surface area contributed by atoms with Gasteiger partial charge in [-0.25, -0.2) is 0 Å². The van der Waals surface area contributed by atoms with Crippen LogP contribution in [0.4, 0.5) is 0 Å². The van der Waals surface area contributed by atoms with E-state index in [1.807, 2.05) is 0 Å². The number of rotatable bonds is 5. The van der Waals surface area contributed by atoms with Crippen molar-refractivity contribution < 1.29 is 84.6 Å². The first-order valence-corrected chi connectivity index (χ1v) is 15.9. The Bertz CT molecular complexity index is 693. The third-order valence-corrected chi connectivity index (χ3v) is 9.98. The van der Waals surface area contributed by atoms with Crippen LogP contribution in [0.3, 0.4) is 0 Å². The number of likely N-dealkylation sites (tertiary alicyclic amines) is 3. The first-order chi connectivity index (χ1) is 20.7. The Morgan fingerprint density at radius 1 is 0.769 bits per heavy atom. The van der Waals surface area contributed by atoms with Crippen LogP contribution in [-0.4, -0.2) is 136 Å². The van der Waals surface area contributed by atoms with E-state index in [1.165, 1.54) is 14.2 Å². The van der Waals surface area contributed by atoms with E-state index < -0.39 is 0 Å². The van der Waals surface area contributed by atoms with Crippen LogP contribution in [0, 0.1) is 58.4 Å². The number of hydrogen-bond acceptors (Lipinski definition) is 10. The Hall–Kier alpha value is 0.271. The molecule has 4 rings (SSSR count). The summed E-state index contributed by atoms with van der Waals surface area (Å²) in [5.74, 6) is 0.712. The zero-order valence-corrected chi connectivity index (χ0v) is 26.7. The van der Waals surface area contributed by atoms with Crippen LogP contribution in [0.5, 0.6) is 0 Å². The van der Waals surface area contributed by atoms with Gasteiger partial charge < -0.3 is 25.2 Å². The Morgan fingerprint density at radius 3 is 1.62 bits per heavy atom. The molecule has 4 aliphatic rings. The van der Waals surface area contributed by atoms with Crippen LogP contribution >= 0.6 is 0 Å². The van der Waals surface area contributed by atoms with Crippen LogP contribution in [0.25, 0.3) is 0 Å². The van der Waals surface area contributed by atoms with Gasteiger partial charge in [0, 0.05) is 21.9 Å². The van der Waals surface area contributed by atoms with E-state index in [4.69, 9.17) is 20.5 Å². The molecule has 2 atom stereocenters. The molecule has 4 aliphatic heterocycles. The van der Waals surface area contributed by atoms with Crippen molar-refractivity contribution >= 4 is 11.9 Å². The summed E-state index contributed by atoms with van der Waals surface area (Å²) in [6.45, 7) is 7.87. The van der Waals surface area contributed by atoms with Crippen molar-refractivity contribution in [2.45, 2.75) is 70.0 Å². The monoisotopic (exact) mass is 688 g/mol. The zero-order valence-electron chi connectivity index (χ0n) is 28.5. The summed E-state index contributed by atoms with van der Waals surface area (Å²) >= 11 is 2.20. The van der Waals surface area contributed by atoms with Crippen molar-refractivity contribution in [1.29, 1.82) is 0 Å². The Morgan fingerprint density at radius 2 is 1.21 bits per heavy atom. The average molecular weight is 688 g/mol. The Labute approximate surface area is 277 Å². The number of aliphatic hydroxyl groups excluding tert-OH is 2. The molecule has 39 heavy (non-hydrogen) atoms. The van der Waals surface area contributed by atoms with Crippen molar-refractivity contribution in [3.63, 3.8) is 0 Å². The summed E-state index contributed by atoms with van der Waals surface area (Å²) < 4.78 is 29.8. The van der Waals surface area contributed by atoms with Crippen molar-refractivity contribution in [3.8, 4) is 0 Å². The van der Waals surface area contributed by atoms with Crippen molar-refractivity contribution in [2.24, 2.45) is 11.8 Å². The molecule has 0 radical (unpaired) electrons. The van der Waals surface area contributed by atoms with Crippen LogP contribution < -0.4 is 5.32 Å². The van der Waals surface area contributed by atoms with Gasteiger partial charge in [-0.15, -0.1) is 0 Å². The van der Waals surface area contributed by atoms with Gasteiger partial charge in [-0.05, 0) is 77.7 Å². The second-order valence-electron chi connectivity index (χ2n) is 11.4. The molecule has 4 heterocycles. The maximum absolute atomic E-state index is 12.1. The number of carbonyl (C=O) groups excluding carboxylic acids is 2. The molecule has 2 unspecified atom stereocenters. The van der Waals surface area contributed by atoms with E-state index in [9.17, 15) is 14.7 Å². The van der Waals surface area contributed by atoms with Crippen molar-refractivity contribution in [1.82, 2.24) is 20.0 Å². The smallest absolute Gasteiger partial charge is 0.0564 e. The molecule has 0 aromatic carbocycles. The maximum atomic E-state index is 12.1. The van der Waals surface area contributed by atoms with Gasteiger partial charge in [-0.3, -0.25) is 9.69 Å². The summed E-state index contributed by atoms with van der Waals surface area (Å²) in [6.07, 6.45) is 7.48. The standard InChI is InChI=1S/C14H26N2O3.C9H17NO2Xe.C5H11NO.4H2/c1-15-7-3-11(4-8-15)13(14(18)19-2)16-9-5-12(17)6-10-16;1-10-5-3-7(4-6-10)8(13)9(11)12-2;7-5-1-3-6-4-2-5;;;;/h11-13,17H,3-10H2,1-2H3;7-8,13H,3-6H2,1-2H3;5-7H,1-4H2;4*1H/i;;;2*1+1D;2*1+1. The predicted molar refractivity (Wildman–Crippen MR) is 157 cm³/mol. The summed E-state index contributed by atoms with van der Waals surface area (Å²) in [7, 11) is 7.18. The van der Waals surface area contributed by atoms with Crippen molar-refractivity contribution in [3.05, 3.63) is 0 Å². The van der Waals surface area contributed by atoms with E-state index >= 15 is 0 Å². The van der Waals surface area contributed by atoms with Gasteiger partial charge in [0.15, 0.2) is 0 Å². The molecule has 0 aromatic heterocycles. The van der Waals surface area contributed by atoms with E-state index in [2.05, 4.69) is 80.6 Å². The van der Waals surface area contributed by atoms with Gasteiger partial charge in [0.2, 0.25) is 0 Å². The second kappa shape index (κ2) is 19.5. The molecule has 4 saturated heterocycles. The van der Waals surface area contributed by atoms with E-state index in [0.717, 1.165) is 104 Å². The van der Waals surface area contributed by atoms with Crippen LogP contribution in [-0.2, 0) is 19.1 Å². The number of piperidine rings is 4. The van der Waals surface area contributed by atoms with Crippen LogP contribution in [0.2, 0.25) is 0.386 Å². The number of nitrogens with zero attached hydrogens (tertiary/aromatic N) is 3. The minimum absolute atomic E-state index is 0. The number of hydrogen-bond donors (Lipinski definition) is 3. The van der Waals surface area contributed by atoms with E-state index in [0.29, 0.717) is 11.8 Å². The molecule has 0 bridgehead atoms. The second-order valence-corrected chi connectivity index (χ2v) is 12.8. The molecule has 0 spiro atoms. The number of aliphatic hydroxyl groups is 2. The average Bonchev–Trinajstić information content (AvgIpc) is 3.05. The maximum Gasteiger partial charge on any atom is 0.0564 e. The fourth-order valence-corrected chi connectivity index (χ4v) is 6.68. The minimum atomic E-state index is -0.202. The molecule has 0 amide bonds. The SMILES string of the molecule is COC(=O)C(C1CCN(C)CC1)N1CCC(O)CC1.COC(=O)C([XeH])C1CCN(C)CC1.OC1CCNCC1.[2HH].[2HH].[2H][2H].[2H][2H]. The third kappa shape index (κ3) is 13.0. The summed E-state index contributed by atoms with van der Waals surface area (Å²) in [5, 5.41) is 21.6. The first-order valence-electron chi connectivity index (χ1n) is 16.6. The topological polar surface area (TPSA) is 115 Å². The number of methoxy groups -OCH3 is 2. The quantitative estimate of drug-likeness (QED) is 0.369. The molecule has 10 nitrogen and oxygen atoms in total. The minimum Gasteiger partial charge on any atom is -0.393 e. The molecule has 11 heteroatoms. The normalized spacial score (nSPS) is 25.3. The number of ether oxygens (including phenoxy) is 2. The van der Waals surface area contributed by atoms with Gasteiger partial charge in [-0.1, -0.05) is 0 Å². The first kappa shape index (κ1) is 32.2. The van der Waals surface area contributed by atoms with Gasteiger partial charge in [0.05, 0.1) is 19.3 Å². The fourth-order valence-electron chi connectivity index (χ4n) is 5.70. The third-order valence-electron chi connectivity index (χ3n) is 8.46. The molecule has 4 fully saturated rings. The van der Waals surface area contributed by atoms with Gasteiger partial charge in [-0.2, -0.15) is 0 Å². The van der Waals surface area contributed by atoms with Crippen LogP contribution in [0.1, 0.15) is 60.2 Å².